The second kappa shape index (κ2) is 8.49. The van der Waals surface area contributed by atoms with Crippen molar-refractivity contribution in [1.29, 1.82) is 0 Å². The van der Waals surface area contributed by atoms with E-state index in [4.69, 9.17) is 0 Å². The minimum atomic E-state index is -3.68. The fraction of sp³-hybridized carbons (Fsp3) is 0.174. The first-order valence-electron chi connectivity index (χ1n) is 9.34. The second-order valence-corrected chi connectivity index (χ2v) is 9.03. The summed E-state index contributed by atoms with van der Waals surface area (Å²) in [6.07, 6.45) is 0. The maximum absolute atomic E-state index is 12.8. The molecule has 0 aliphatic heterocycles. The Morgan fingerprint density at radius 3 is 2.00 bits per heavy atom. The van der Waals surface area contributed by atoms with Gasteiger partial charge in [-0.2, -0.15) is 0 Å². The van der Waals surface area contributed by atoms with Gasteiger partial charge in [0, 0.05) is 18.3 Å². The minimum absolute atomic E-state index is 0.156. The molecule has 0 radical (unpaired) electrons. The molecule has 150 valence electrons. The average molecular weight is 409 g/mol. The SMILES string of the molecule is CC(C)c1ccc(C(=O)Nc2ccc(S(=O)(=O)N(C)c3ccccc3)cc2)cc1. The number of benzene rings is 3. The van der Waals surface area contributed by atoms with E-state index in [0.29, 0.717) is 22.9 Å². The number of nitrogens with zero attached hydrogens (tertiary/aromatic N) is 1. The van der Waals surface area contributed by atoms with E-state index in [0.717, 1.165) is 0 Å². The molecule has 0 saturated heterocycles. The first kappa shape index (κ1) is 20.6. The van der Waals surface area contributed by atoms with Gasteiger partial charge in [-0.3, -0.25) is 9.10 Å². The maximum atomic E-state index is 12.8. The lowest BCUT2D eigenvalue weighted by Crippen LogP contribution is -2.26. The summed E-state index contributed by atoms with van der Waals surface area (Å²) in [5.41, 5.74) is 2.83. The Kier molecular flexibility index (Phi) is 6.03. The molecule has 0 aliphatic carbocycles. The number of carbonyl (C=O) groups excluding carboxylic acids is 1. The van der Waals surface area contributed by atoms with E-state index >= 15 is 0 Å². The van der Waals surface area contributed by atoms with Crippen LogP contribution in [0.1, 0.15) is 35.7 Å². The van der Waals surface area contributed by atoms with E-state index < -0.39 is 10.0 Å². The first-order chi connectivity index (χ1) is 13.8. The summed E-state index contributed by atoms with van der Waals surface area (Å²) in [5, 5.41) is 2.80. The maximum Gasteiger partial charge on any atom is 0.264 e. The molecule has 1 N–H and O–H groups in total. The lowest BCUT2D eigenvalue weighted by molar-refractivity contribution is 0.102. The van der Waals surface area contributed by atoms with Crippen LogP contribution in [0, 0.1) is 0 Å². The molecule has 0 aliphatic rings. The monoisotopic (exact) mass is 408 g/mol. The van der Waals surface area contributed by atoms with Gasteiger partial charge in [-0.15, -0.1) is 0 Å². The van der Waals surface area contributed by atoms with Gasteiger partial charge >= 0.3 is 0 Å². The highest BCUT2D eigenvalue weighted by molar-refractivity contribution is 7.92. The quantitative estimate of drug-likeness (QED) is 0.632. The molecule has 0 aromatic heterocycles. The normalized spacial score (nSPS) is 11.3. The van der Waals surface area contributed by atoms with E-state index in [1.54, 1.807) is 48.5 Å². The van der Waals surface area contributed by atoms with Crippen molar-refractivity contribution >= 4 is 27.3 Å². The smallest absolute Gasteiger partial charge is 0.264 e. The van der Waals surface area contributed by atoms with Crippen LogP contribution in [0.2, 0.25) is 0 Å². The zero-order valence-corrected chi connectivity index (χ0v) is 17.5. The first-order valence-corrected chi connectivity index (χ1v) is 10.8. The van der Waals surface area contributed by atoms with Crippen LogP contribution in [0.4, 0.5) is 11.4 Å². The second-order valence-electron chi connectivity index (χ2n) is 7.06. The molecular weight excluding hydrogens is 384 g/mol. The van der Waals surface area contributed by atoms with Crippen molar-refractivity contribution < 1.29 is 13.2 Å². The topological polar surface area (TPSA) is 66.5 Å². The molecule has 0 heterocycles. The molecule has 6 heteroatoms. The molecule has 3 rings (SSSR count). The number of carbonyl (C=O) groups is 1. The van der Waals surface area contributed by atoms with Crippen molar-refractivity contribution in [3.05, 3.63) is 90.0 Å². The molecule has 0 unspecified atom stereocenters. The summed E-state index contributed by atoms with van der Waals surface area (Å²) in [4.78, 5) is 12.6. The standard InChI is InChI=1S/C23H24N2O3S/c1-17(2)18-9-11-19(12-10-18)23(26)24-20-13-15-22(16-14-20)29(27,28)25(3)21-7-5-4-6-8-21/h4-17H,1-3H3,(H,24,26). The lowest BCUT2D eigenvalue weighted by Gasteiger charge is -2.19. The van der Waals surface area contributed by atoms with E-state index in [1.165, 1.54) is 29.0 Å². The van der Waals surface area contributed by atoms with E-state index in [9.17, 15) is 13.2 Å². The van der Waals surface area contributed by atoms with Gasteiger partial charge in [0.1, 0.15) is 0 Å². The fourth-order valence-corrected chi connectivity index (χ4v) is 4.06. The van der Waals surface area contributed by atoms with Crippen LogP contribution in [0.25, 0.3) is 0 Å². The Morgan fingerprint density at radius 2 is 1.45 bits per heavy atom. The molecule has 3 aromatic rings. The molecule has 0 atom stereocenters. The molecule has 0 spiro atoms. The molecule has 0 bridgehead atoms. The minimum Gasteiger partial charge on any atom is -0.322 e. The third kappa shape index (κ3) is 4.66. The van der Waals surface area contributed by atoms with Crippen LogP contribution in [0.3, 0.4) is 0 Å². The highest BCUT2D eigenvalue weighted by Crippen LogP contribution is 2.23. The van der Waals surface area contributed by atoms with Gasteiger partial charge in [0.05, 0.1) is 10.6 Å². The predicted molar refractivity (Wildman–Crippen MR) is 117 cm³/mol. The largest absolute Gasteiger partial charge is 0.322 e. The highest BCUT2D eigenvalue weighted by Gasteiger charge is 2.21. The van der Waals surface area contributed by atoms with Crippen molar-refractivity contribution in [3.63, 3.8) is 0 Å². The number of nitrogens with one attached hydrogen (secondary N) is 1. The number of sulfonamides is 1. The van der Waals surface area contributed by atoms with Crippen LogP contribution >= 0.6 is 0 Å². The van der Waals surface area contributed by atoms with Gasteiger partial charge in [-0.25, -0.2) is 8.42 Å². The number of amides is 1. The van der Waals surface area contributed by atoms with Crippen molar-refractivity contribution in [1.82, 2.24) is 0 Å². The fourth-order valence-electron chi connectivity index (χ4n) is 2.87. The van der Waals surface area contributed by atoms with Crippen molar-refractivity contribution in [2.75, 3.05) is 16.7 Å². The third-order valence-corrected chi connectivity index (χ3v) is 6.53. The number of anilines is 2. The molecule has 0 fully saturated rings. The third-order valence-electron chi connectivity index (χ3n) is 4.73. The van der Waals surface area contributed by atoms with Crippen molar-refractivity contribution in [2.24, 2.45) is 0 Å². The number of rotatable bonds is 6. The zero-order chi connectivity index (χ0) is 21.0. The number of hydrogen-bond donors (Lipinski definition) is 1. The summed E-state index contributed by atoms with van der Waals surface area (Å²) in [6.45, 7) is 4.19. The average Bonchev–Trinajstić information content (AvgIpc) is 2.74. The highest BCUT2D eigenvalue weighted by atomic mass is 32.2. The van der Waals surface area contributed by atoms with E-state index in [-0.39, 0.29) is 10.8 Å². The van der Waals surface area contributed by atoms with Crippen LogP contribution < -0.4 is 9.62 Å². The Balaban J connectivity index is 1.73. The van der Waals surface area contributed by atoms with Crippen LogP contribution in [0.5, 0.6) is 0 Å². The molecule has 5 nitrogen and oxygen atoms in total. The van der Waals surface area contributed by atoms with Crippen molar-refractivity contribution in [2.45, 2.75) is 24.7 Å². The van der Waals surface area contributed by atoms with Gasteiger partial charge in [0.2, 0.25) is 0 Å². The van der Waals surface area contributed by atoms with Crippen LogP contribution in [-0.4, -0.2) is 21.4 Å². The van der Waals surface area contributed by atoms with Gasteiger partial charge in [0.25, 0.3) is 15.9 Å². The van der Waals surface area contributed by atoms with E-state index in [2.05, 4.69) is 19.2 Å². The Bertz CT molecular complexity index is 1080. The molecule has 3 aromatic carbocycles. The van der Waals surface area contributed by atoms with Gasteiger partial charge < -0.3 is 5.32 Å². The van der Waals surface area contributed by atoms with Crippen LogP contribution in [0.15, 0.2) is 83.8 Å². The zero-order valence-electron chi connectivity index (χ0n) is 16.7. The number of para-hydroxylation sites is 1. The summed E-state index contributed by atoms with van der Waals surface area (Å²) in [6, 6.07) is 22.5. The summed E-state index contributed by atoms with van der Waals surface area (Å²) < 4.78 is 26.9. The summed E-state index contributed by atoms with van der Waals surface area (Å²) in [5.74, 6) is 0.160. The van der Waals surface area contributed by atoms with Crippen LogP contribution in [-0.2, 0) is 10.0 Å². The predicted octanol–water partition coefficient (Wildman–Crippen LogP) is 4.89. The van der Waals surface area contributed by atoms with E-state index in [1.807, 2.05) is 18.2 Å². The molecule has 0 saturated carbocycles. The molecular formula is C23H24N2O3S. The Labute approximate surface area is 172 Å². The molecule has 1 amide bonds. The summed E-state index contributed by atoms with van der Waals surface area (Å²) in [7, 11) is -2.17. The van der Waals surface area contributed by atoms with Gasteiger partial charge in [-0.05, 0) is 60.0 Å². The Morgan fingerprint density at radius 1 is 0.862 bits per heavy atom. The molecule has 29 heavy (non-hydrogen) atoms. The van der Waals surface area contributed by atoms with Gasteiger partial charge in [0.15, 0.2) is 0 Å². The number of hydrogen-bond acceptors (Lipinski definition) is 3. The Hall–Kier alpha value is -3.12. The van der Waals surface area contributed by atoms with Crippen molar-refractivity contribution in [3.8, 4) is 0 Å². The lowest BCUT2D eigenvalue weighted by atomic mass is 10.0. The van der Waals surface area contributed by atoms with Gasteiger partial charge in [-0.1, -0.05) is 44.2 Å². The summed E-state index contributed by atoms with van der Waals surface area (Å²) >= 11 is 0.